The van der Waals surface area contributed by atoms with Gasteiger partial charge in [-0.15, -0.1) is 0 Å². The van der Waals surface area contributed by atoms with Gasteiger partial charge in [-0.25, -0.2) is 9.78 Å². The van der Waals surface area contributed by atoms with Gasteiger partial charge >= 0.3 is 5.97 Å². The molecule has 0 aliphatic heterocycles. The van der Waals surface area contributed by atoms with E-state index in [1.54, 1.807) is 0 Å². The number of rotatable bonds is 15. The number of nitrogens with two attached hydrogens (primary N) is 1. The molecular formula is C24H34N6O6S. The molecule has 5 unspecified atom stereocenters. The number of aliphatic carboxylic acids is 1. The van der Waals surface area contributed by atoms with Crippen molar-refractivity contribution in [3.8, 4) is 0 Å². The number of thioether (sulfide) groups is 1. The van der Waals surface area contributed by atoms with Crippen LogP contribution < -0.4 is 21.7 Å². The van der Waals surface area contributed by atoms with E-state index >= 15 is 0 Å². The molecule has 12 nitrogen and oxygen atoms in total. The van der Waals surface area contributed by atoms with Crippen LogP contribution in [0.3, 0.4) is 0 Å². The number of H-pyrrole nitrogens is 1. The van der Waals surface area contributed by atoms with Crippen LogP contribution >= 0.6 is 11.8 Å². The van der Waals surface area contributed by atoms with E-state index in [2.05, 4.69) is 25.9 Å². The molecule has 37 heavy (non-hydrogen) atoms. The molecular weight excluding hydrogens is 500 g/mol. The maximum atomic E-state index is 13.0. The molecule has 0 saturated carbocycles. The quantitative estimate of drug-likeness (QED) is 0.153. The number of benzene rings is 1. The molecule has 0 spiro atoms. The number of carboxylic acid groups (broad SMARTS) is 1. The molecule has 2 rings (SSSR count). The molecule has 202 valence electrons. The van der Waals surface area contributed by atoms with Gasteiger partial charge in [0.05, 0.1) is 18.5 Å². The average molecular weight is 535 g/mol. The van der Waals surface area contributed by atoms with Gasteiger partial charge in [-0.1, -0.05) is 30.3 Å². The van der Waals surface area contributed by atoms with Crippen molar-refractivity contribution in [1.29, 1.82) is 0 Å². The van der Waals surface area contributed by atoms with Crippen LogP contribution in [0.1, 0.15) is 24.6 Å². The van der Waals surface area contributed by atoms with Crippen LogP contribution in [-0.4, -0.2) is 86.2 Å². The fraction of sp³-hybridized carbons (Fsp3) is 0.458. The van der Waals surface area contributed by atoms with Gasteiger partial charge in [0.25, 0.3) is 0 Å². The van der Waals surface area contributed by atoms with Crippen molar-refractivity contribution in [2.45, 2.75) is 56.5 Å². The number of aromatic nitrogens is 2. The molecule has 5 atom stereocenters. The van der Waals surface area contributed by atoms with Gasteiger partial charge in [0.1, 0.15) is 18.1 Å². The summed E-state index contributed by atoms with van der Waals surface area (Å²) in [5.74, 6) is -2.90. The van der Waals surface area contributed by atoms with E-state index in [0.717, 1.165) is 5.56 Å². The topological polar surface area (TPSA) is 200 Å². The highest BCUT2D eigenvalue weighted by molar-refractivity contribution is 7.98. The third-order valence-corrected chi connectivity index (χ3v) is 6.18. The number of hydrogen-bond donors (Lipinski definition) is 7. The van der Waals surface area contributed by atoms with Gasteiger partial charge in [0, 0.05) is 18.3 Å². The predicted molar refractivity (Wildman–Crippen MR) is 139 cm³/mol. The van der Waals surface area contributed by atoms with Crippen LogP contribution in [0.25, 0.3) is 0 Å². The van der Waals surface area contributed by atoms with Crippen LogP contribution in [0.2, 0.25) is 0 Å². The number of nitrogens with one attached hydrogen (secondary N) is 4. The predicted octanol–water partition coefficient (Wildman–Crippen LogP) is -0.805. The lowest BCUT2D eigenvalue weighted by Crippen LogP contribution is -2.60. The SMILES string of the molecule is CSCCC(NC(=O)C(NC(=O)C(N)Cc1ccccc1)C(C)O)C(=O)NC(Cc1cnc[nH]1)C(=O)O. The summed E-state index contributed by atoms with van der Waals surface area (Å²) in [7, 11) is 0. The van der Waals surface area contributed by atoms with Crippen molar-refractivity contribution in [2.24, 2.45) is 5.73 Å². The molecule has 0 saturated heterocycles. The van der Waals surface area contributed by atoms with Crippen molar-refractivity contribution < 1.29 is 29.4 Å². The number of aliphatic hydroxyl groups is 1. The zero-order valence-corrected chi connectivity index (χ0v) is 21.5. The number of imidazole rings is 1. The van der Waals surface area contributed by atoms with Crippen LogP contribution in [0.5, 0.6) is 0 Å². The lowest BCUT2D eigenvalue weighted by molar-refractivity contribution is -0.142. The van der Waals surface area contributed by atoms with Crippen LogP contribution in [0.4, 0.5) is 0 Å². The summed E-state index contributed by atoms with van der Waals surface area (Å²) in [6.45, 7) is 1.33. The normalized spacial score (nSPS) is 15.0. The van der Waals surface area contributed by atoms with Gasteiger partial charge in [0.15, 0.2) is 0 Å². The van der Waals surface area contributed by atoms with Crippen molar-refractivity contribution in [3.63, 3.8) is 0 Å². The lowest BCUT2D eigenvalue weighted by Gasteiger charge is -2.26. The second-order valence-corrected chi connectivity index (χ2v) is 9.53. The number of carbonyl (C=O) groups excluding carboxylic acids is 3. The zero-order valence-electron chi connectivity index (χ0n) is 20.7. The Hall–Kier alpha value is -3.42. The van der Waals surface area contributed by atoms with Gasteiger partial charge in [-0.2, -0.15) is 11.8 Å². The maximum absolute atomic E-state index is 13.0. The number of aromatic amines is 1. The molecule has 2 aromatic rings. The van der Waals surface area contributed by atoms with E-state index in [1.807, 2.05) is 36.6 Å². The Morgan fingerprint density at radius 1 is 1.03 bits per heavy atom. The molecule has 0 fully saturated rings. The summed E-state index contributed by atoms with van der Waals surface area (Å²) >= 11 is 1.44. The number of amides is 3. The number of carboxylic acids is 1. The zero-order chi connectivity index (χ0) is 27.4. The highest BCUT2D eigenvalue weighted by Crippen LogP contribution is 2.07. The Morgan fingerprint density at radius 3 is 2.27 bits per heavy atom. The maximum Gasteiger partial charge on any atom is 0.326 e. The molecule has 0 radical (unpaired) electrons. The van der Waals surface area contributed by atoms with Gasteiger partial charge < -0.3 is 36.9 Å². The molecule has 1 aromatic heterocycles. The standard InChI is InChI=1S/C24H34N6O6S/c1-14(31)20(30-21(32)17(25)10-15-6-4-3-5-7-15)23(34)28-18(8-9-37-2)22(33)29-19(24(35)36)11-16-12-26-13-27-16/h3-7,12-14,17-20,31H,8-11,25H2,1-2H3,(H,26,27)(H,28,34)(H,29,33)(H,30,32)(H,35,36). The van der Waals surface area contributed by atoms with Crippen LogP contribution in [-0.2, 0) is 32.0 Å². The van der Waals surface area contributed by atoms with E-state index in [4.69, 9.17) is 5.73 Å². The Morgan fingerprint density at radius 2 is 1.70 bits per heavy atom. The van der Waals surface area contributed by atoms with Gasteiger partial charge in [0.2, 0.25) is 17.7 Å². The number of carbonyl (C=O) groups is 4. The first kappa shape index (κ1) is 29.8. The summed E-state index contributed by atoms with van der Waals surface area (Å²) in [6, 6.07) is 4.40. The summed E-state index contributed by atoms with van der Waals surface area (Å²) in [5, 5.41) is 27.2. The van der Waals surface area contributed by atoms with Crippen molar-refractivity contribution in [1.82, 2.24) is 25.9 Å². The Bertz CT molecular complexity index is 1020. The Balaban J connectivity index is 2.06. The fourth-order valence-electron chi connectivity index (χ4n) is 3.48. The van der Waals surface area contributed by atoms with Gasteiger partial charge in [-0.05, 0) is 37.3 Å². The minimum absolute atomic E-state index is 0.0318. The number of aliphatic hydroxyl groups excluding tert-OH is 1. The molecule has 1 heterocycles. The highest BCUT2D eigenvalue weighted by atomic mass is 32.2. The third-order valence-electron chi connectivity index (χ3n) is 5.53. The smallest absolute Gasteiger partial charge is 0.326 e. The highest BCUT2D eigenvalue weighted by Gasteiger charge is 2.32. The van der Waals surface area contributed by atoms with Crippen molar-refractivity contribution >= 4 is 35.5 Å². The molecule has 8 N–H and O–H groups in total. The molecule has 13 heteroatoms. The van der Waals surface area contributed by atoms with E-state index in [9.17, 15) is 29.4 Å². The van der Waals surface area contributed by atoms with Crippen LogP contribution in [0.15, 0.2) is 42.9 Å². The van der Waals surface area contributed by atoms with E-state index in [0.29, 0.717) is 11.4 Å². The Kier molecular flexibility index (Phi) is 12.1. The second-order valence-electron chi connectivity index (χ2n) is 8.55. The lowest BCUT2D eigenvalue weighted by atomic mass is 10.0. The van der Waals surface area contributed by atoms with Crippen LogP contribution in [0, 0.1) is 0 Å². The van der Waals surface area contributed by atoms with E-state index < -0.39 is 54.0 Å². The van der Waals surface area contributed by atoms with Gasteiger partial charge in [-0.3, -0.25) is 14.4 Å². The second kappa shape index (κ2) is 15.0. The summed E-state index contributed by atoms with van der Waals surface area (Å²) in [4.78, 5) is 56.9. The Labute approximate surface area is 219 Å². The molecule has 3 amide bonds. The first-order chi connectivity index (χ1) is 17.6. The monoisotopic (exact) mass is 534 g/mol. The van der Waals surface area contributed by atoms with E-state index in [-0.39, 0.29) is 19.3 Å². The van der Waals surface area contributed by atoms with E-state index in [1.165, 1.54) is 31.2 Å². The number of hydrogen-bond acceptors (Lipinski definition) is 8. The average Bonchev–Trinajstić information content (AvgIpc) is 3.37. The molecule has 0 bridgehead atoms. The van der Waals surface area contributed by atoms with Crippen molar-refractivity contribution in [2.75, 3.05) is 12.0 Å². The summed E-state index contributed by atoms with van der Waals surface area (Å²) in [6.07, 6.45) is 3.78. The fourth-order valence-corrected chi connectivity index (χ4v) is 3.95. The first-order valence-electron chi connectivity index (χ1n) is 11.7. The summed E-state index contributed by atoms with van der Waals surface area (Å²) in [5.41, 5.74) is 7.35. The van der Waals surface area contributed by atoms with Crippen molar-refractivity contribution in [3.05, 3.63) is 54.1 Å². The summed E-state index contributed by atoms with van der Waals surface area (Å²) < 4.78 is 0. The number of nitrogens with zero attached hydrogens (tertiary/aromatic N) is 1. The molecule has 0 aliphatic rings. The largest absolute Gasteiger partial charge is 0.480 e. The minimum Gasteiger partial charge on any atom is -0.480 e. The molecule has 0 aliphatic carbocycles. The third kappa shape index (κ3) is 9.86. The molecule has 1 aromatic carbocycles. The minimum atomic E-state index is -1.38. The first-order valence-corrected chi connectivity index (χ1v) is 13.1.